The van der Waals surface area contributed by atoms with Crippen molar-refractivity contribution in [3.8, 4) is 5.75 Å². The predicted octanol–water partition coefficient (Wildman–Crippen LogP) is 3.22. The first-order valence-electron chi connectivity index (χ1n) is 11.4. The SMILES string of the molecule is COc1cn2nccc2cc1Nc1ncnc2sc3c(c12)CC[C@H](C(=O)N(C)CCN(C)C)C3. The van der Waals surface area contributed by atoms with Crippen LogP contribution in [0, 0.1) is 5.92 Å². The van der Waals surface area contributed by atoms with Crippen LogP contribution in [-0.4, -0.2) is 76.6 Å². The second-order valence-electron chi connectivity index (χ2n) is 8.99. The lowest BCUT2D eigenvalue weighted by atomic mass is 9.87. The molecule has 1 amide bonds. The Hall–Kier alpha value is -3.24. The lowest BCUT2D eigenvalue weighted by Crippen LogP contribution is -2.39. The summed E-state index contributed by atoms with van der Waals surface area (Å²) < 4.78 is 7.37. The molecule has 1 aliphatic carbocycles. The molecule has 1 atom stereocenters. The highest BCUT2D eigenvalue weighted by atomic mass is 32.1. The van der Waals surface area contributed by atoms with Crippen LogP contribution in [0.2, 0.25) is 0 Å². The molecule has 4 heterocycles. The Morgan fingerprint density at radius 3 is 2.94 bits per heavy atom. The fraction of sp³-hybridized carbons (Fsp3) is 0.417. The molecule has 10 heteroatoms. The number of methoxy groups -OCH3 is 1. The Morgan fingerprint density at radius 2 is 2.15 bits per heavy atom. The number of carbonyl (C=O) groups is 1. The first-order chi connectivity index (χ1) is 16.4. The monoisotopic (exact) mass is 479 g/mol. The van der Waals surface area contributed by atoms with E-state index in [1.165, 1.54) is 10.4 Å². The van der Waals surface area contributed by atoms with Gasteiger partial charge in [-0.2, -0.15) is 5.10 Å². The van der Waals surface area contributed by atoms with Crippen LogP contribution < -0.4 is 10.1 Å². The summed E-state index contributed by atoms with van der Waals surface area (Å²) in [7, 11) is 7.60. The predicted molar refractivity (Wildman–Crippen MR) is 134 cm³/mol. The minimum atomic E-state index is 0.0152. The maximum atomic E-state index is 13.0. The molecule has 0 radical (unpaired) electrons. The molecule has 1 N–H and O–H groups in total. The zero-order valence-electron chi connectivity index (χ0n) is 19.9. The molecule has 4 aromatic rings. The molecule has 4 aromatic heterocycles. The largest absolute Gasteiger partial charge is 0.493 e. The van der Waals surface area contributed by atoms with E-state index in [2.05, 4.69) is 25.3 Å². The van der Waals surface area contributed by atoms with E-state index < -0.39 is 0 Å². The second-order valence-corrected chi connectivity index (χ2v) is 10.1. The molecule has 0 bridgehead atoms. The Bertz CT molecular complexity index is 1350. The zero-order valence-corrected chi connectivity index (χ0v) is 20.7. The normalized spacial score (nSPS) is 15.6. The van der Waals surface area contributed by atoms with E-state index in [0.29, 0.717) is 5.75 Å². The highest BCUT2D eigenvalue weighted by molar-refractivity contribution is 7.19. The number of aromatic nitrogens is 4. The number of nitrogens with zero attached hydrogens (tertiary/aromatic N) is 6. The van der Waals surface area contributed by atoms with Crippen molar-refractivity contribution in [3.05, 3.63) is 41.3 Å². The number of pyridine rings is 1. The van der Waals surface area contributed by atoms with Crippen molar-refractivity contribution in [2.75, 3.05) is 46.7 Å². The average Bonchev–Trinajstić information content (AvgIpc) is 3.45. The summed E-state index contributed by atoms with van der Waals surface area (Å²) in [5, 5.41) is 8.80. The van der Waals surface area contributed by atoms with Crippen LogP contribution in [0.4, 0.5) is 11.5 Å². The number of anilines is 2. The maximum absolute atomic E-state index is 13.0. The molecule has 9 nitrogen and oxygen atoms in total. The molecule has 0 fully saturated rings. The van der Waals surface area contributed by atoms with Crippen molar-refractivity contribution in [2.45, 2.75) is 19.3 Å². The van der Waals surface area contributed by atoms with Gasteiger partial charge < -0.3 is 19.9 Å². The van der Waals surface area contributed by atoms with Crippen molar-refractivity contribution in [1.82, 2.24) is 29.4 Å². The van der Waals surface area contributed by atoms with E-state index in [1.807, 2.05) is 44.4 Å². The molecular formula is C24H29N7O2S. The number of likely N-dealkylation sites (N-methyl/N-ethyl adjacent to an activating group) is 2. The van der Waals surface area contributed by atoms with Crippen LogP contribution in [0.25, 0.3) is 15.7 Å². The number of rotatable bonds is 7. The van der Waals surface area contributed by atoms with Gasteiger partial charge in [0.25, 0.3) is 0 Å². The van der Waals surface area contributed by atoms with E-state index in [1.54, 1.807) is 35.5 Å². The molecule has 0 aliphatic heterocycles. The third kappa shape index (κ3) is 4.19. The third-order valence-electron chi connectivity index (χ3n) is 6.42. The van der Waals surface area contributed by atoms with Gasteiger partial charge in [0.2, 0.25) is 5.91 Å². The minimum absolute atomic E-state index is 0.0152. The van der Waals surface area contributed by atoms with Gasteiger partial charge in [0.1, 0.15) is 17.0 Å². The number of nitrogens with one attached hydrogen (secondary N) is 1. The summed E-state index contributed by atoms with van der Waals surface area (Å²) in [6.45, 7) is 1.60. The summed E-state index contributed by atoms with van der Waals surface area (Å²) in [6, 6.07) is 3.94. The number of aryl methyl sites for hydroxylation is 1. The van der Waals surface area contributed by atoms with Crippen molar-refractivity contribution in [2.24, 2.45) is 5.92 Å². The fourth-order valence-corrected chi connectivity index (χ4v) is 5.79. The number of carbonyl (C=O) groups excluding carboxylic acids is 1. The highest BCUT2D eigenvalue weighted by Crippen LogP contribution is 2.41. The van der Waals surface area contributed by atoms with Gasteiger partial charge in [-0.3, -0.25) is 4.79 Å². The van der Waals surface area contributed by atoms with Gasteiger partial charge in [0, 0.05) is 37.1 Å². The third-order valence-corrected chi connectivity index (χ3v) is 7.59. The molecule has 0 unspecified atom stereocenters. The number of hydrogen-bond acceptors (Lipinski definition) is 8. The van der Waals surface area contributed by atoms with Gasteiger partial charge in [-0.15, -0.1) is 11.3 Å². The number of hydrogen-bond donors (Lipinski definition) is 1. The van der Waals surface area contributed by atoms with Gasteiger partial charge in [-0.25, -0.2) is 14.5 Å². The second kappa shape index (κ2) is 9.19. The molecule has 0 saturated carbocycles. The van der Waals surface area contributed by atoms with E-state index in [-0.39, 0.29) is 11.8 Å². The molecule has 0 spiro atoms. The Labute approximate surface area is 202 Å². The molecule has 1 aliphatic rings. The van der Waals surface area contributed by atoms with Crippen LogP contribution in [0.3, 0.4) is 0 Å². The van der Waals surface area contributed by atoms with Gasteiger partial charge in [0.05, 0.1) is 29.9 Å². The molecule has 178 valence electrons. The topological polar surface area (TPSA) is 87.9 Å². The van der Waals surface area contributed by atoms with Gasteiger partial charge >= 0.3 is 0 Å². The van der Waals surface area contributed by atoms with Crippen molar-refractivity contribution in [1.29, 1.82) is 0 Å². The van der Waals surface area contributed by atoms with Gasteiger partial charge in [0.15, 0.2) is 5.75 Å². The maximum Gasteiger partial charge on any atom is 0.225 e. The summed E-state index contributed by atoms with van der Waals surface area (Å²) >= 11 is 1.67. The summed E-state index contributed by atoms with van der Waals surface area (Å²) in [5.74, 6) is 1.69. The van der Waals surface area contributed by atoms with Crippen molar-refractivity contribution >= 4 is 44.5 Å². The van der Waals surface area contributed by atoms with Gasteiger partial charge in [-0.1, -0.05) is 0 Å². The van der Waals surface area contributed by atoms with E-state index in [9.17, 15) is 4.79 Å². The quantitative estimate of drug-likeness (QED) is 0.435. The first kappa shape index (κ1) is 22.5. The van der Waals surface area contributed by atoms with E-state index in [4.69, 9.17) is 4.74 Å². The Morgan fingerprint density at radius 1 is 1.29 bits per heavy atom. The van der Waals surface area contributed by atoms with Crippen LogP contribution in [0.5, 0.6) is 5.75 Å². The smallest absolute Gasteiger partial charge is 0.225 e. The standard InChI is InChI=1S/C24H29N7O2S/c1-29(2)9-10-30(3)24(32)15-5-6-17-20(11-15)34-23-21(17)22(25-14-26-23)28-18-12-16-7-8-27-31(16)13-19(18)33-4/h7-8,12-15H,5-6,9-11H2,1-4H3,(H,25,26,28)/t15-/m0/s1. The average molecular weight is 480 g/mol. The van der Waals surface area contributed by atoms with Crippen LogP contribution in [0.1, 0.15) is 16.9 Å². The molecule has 5 rings (SSSR count). The lowest BCUT2D eigenvalue weighted by molar-refractivity contribution is -0.134. The number of amides is 1. The van der Waals surface area contributed by atoms with Gasteiger partial charge in [-0.05, 0) is 51.1 Å². The first-order valence-corrected chi connectivity index (χ1v) is 12.2. The number of fused-ring (bicyclic) bond motifs is 4. The molecule has 0 saturated heterocycles. The lowest BCUT2D eigenvalue weighted by Gasteiger charge is -2.27. The Balaban J connectivity index is 1.43. The fourth-order valence-electron chi connectivity index (χ4n) is 4.52. The number of thiophene rings is 1. The van der Waals surface area contributed by atoms with E-state index >= 15 is 0 Å². The summed E-state index contributed by atoms with van der Waals surface area (Å²) in [4.78, 5) is 28.3. The van der Waals surface area contributed by atoms with Crippen LogP contribution in [0.15, 0.2) is 30.9 Å². The summed E-state index contributed by atoms with van der Waals surface area (Å²) in [6.07, 6.45) is 7.63. The highest BCUT2D eigenvalue weighted by Gasteiger charge is 2.30. The molecule has 0 aromatic carbocycles. The van der Waals surface area contributed by atoms with Crippen molar-refractivity contribution in [3.63, 3.8) is 0 Å². The van der Waals surface area contributed by atoms with Crippen LogP contribution >= 0.6 is 11.3 Å². The summed E-state index contributed by atoms with van der Waals surface area (Å²) in [5.41, 5.74) is 3.04. The van der Waals surface area contributed by atoms with E-state index in [0.717, 1.165) is 59.6 Å². The number of ether oxygens (including phenoxy) is 1. The molecular weight excluding hydrogens is 450 g/mol. The Kier molecular flexibility index (Phi) is 6.09. The van der Waals surface area contributed by atoms with Crippen molar-refractivity contribution < 1.29 is 9.53 Å². The zero-order chi connectivity index (χ0) is 23.8. The van der Waals surface area contributed by atoms with Crippen LogP contribution in [-0.2, 0) is 17.6 Å². The minimum Gasteiger partial charge on any atom is -0.493 e. The molecule has 34 heavy (non-hydrogen) atoms.